The molecule has 5 heteroatoms. The molecule has 1 N–H and O–H groups in total. The number of rotatable bonds is 2. The number of aryl methyl sites for hydroxylation is 1. The van der Waals surface area contributed by atoms with E-state index in [-0.39, 0.29) is 5.91 Å². The third-order valence-electron chi connectivity index (χ3n) is 2.99. The van der Waals surface area contributed by atoms with Crippen LogP contribution in [0.4, 0.5) is 5.69 Å². The summed E-state index contributed by atoms with van der Waals surface area (Å²) in [4.78, 5) is 20.8. The molecule has 1 aromatic carbocycles. The van der Waals surface area contributed by atoms with Crippen LogP contribution in [-0.4, -0.2) is 15.9 Å². The Labute approximate surface area is 133 Å². The van der Waals surface area contributed by atoms with Gasteiger partial charge in [-0.3, -0.25) is 9.78 Å². The molecule has 0 aliphatic heterocycles. The molecule has 1 amide bonds. The van der Waals surface area contributed by atoms with Crippen molar-refractivity contribution in [3.63, 3.8) is 0 Å². The quantitative estimate of drug-likeness (QED) is 0.885. The maximum atomic E-state index is 12.2. The number of amides is 1. The van der Waals surface area contributed by atoms with Gasteiger partial charge in [0.05, 0.1) is 23.8 Å². The summed E-state index contributed by atoms with van der Waals surface area (Å²) in [5.41, 5.74) is 2.97. The van der Waals surface area contributed by atoms with Gasteiger partial charge in [-0.2, -0.15) is 0 Å². The van der Waals surface area contributed by atoms with Crippen LogP contribution in [0, 0.1) is 12.3 Å². The molecule has 0 spiro atoms. The molecule has 2 rings (SSSR count). The van der Waals surface area contributed by atoms with Crippen LogP contribution in [0.25, 0.3) is 11.3 Å². The molecule has 4 nitrogen and oxygen atoms in total. The summed E-state index contributed by atoms with van der Waals surface area (Å²) in [5.74, 6) is -0.0319. The summed E-state index contributed by atoms with van der Waals surface area (Å²) in [7, 11) is 0. The van der Waals surface area contributed by atoms with Gasteiger partial charge >= 0.3 is 0 Å². The summed E-state index contributed by atoms with van der Waals surface area (Å²) in [6.07, 6.45) is 3.32. The monoisotopic (exact) mass is 347 g/mol. The van der Waals surface area contributed by atoms with Crippen molar-refractivity contribution >= 4 is 27.5 Å². The van der Waals surface area contributed by atoms with Crippen LogP contribution in [-0.2, 0) is 4.79 Å². The number of halogens is 1. The third kappa shape index (κ3) is 3.88. The predicted molar refractivity (Wildman–Crippen MR) is 88.0 cm³/mol. The summed E-state index contributed by atoms with van der Waals surface area (Å²) >= 11 is 3.32. The van der Waals surface area contributed by atoms with Gasteiger partial charge in [0, 0.05) is 11.0 Å². The van der Waals surface area contributed by atoms with E-state index in [1.165, 1.54) is 0 Å². The maximum Gasteiger partial charge on any atom is 0.229 e. The lowest BCUT2D eigenvalue weighted by Gasteiger charge is -2.19. The molecule has 2 aromatic rings. The van der Waals surface area contributed by atoms with E-state index < -0.39 is 5.41 Å². The number of anilines is 1. The van der Waals surface area contributed by atoms with Crippen LogP contribution in [0.3, 0.4) is 0 Å². The van der Waals surface area contributed by atoms with Crippen molar-refractivity contribution in [3.8, 4) is 11.3 Å². The predicted octanol–water partition coefficient (Wildman–Crippen LogP) is 4.20. The zero-order valence-corrected chi connectivity index (χ0v) is 14.2. The number of nitrogens with one attached hydrogen (secondary N) is 1. The number of hydrogen-bond acceptors (Lipinski definition) is 3. The fourth-order valence-electron chi connectivity index (χ4n) is 1.76. The van der Waals surface area contributed by atoms with E-state index in [1.54, 1.807) is 12.4 Å². The first-order valence-electron chi connectivity index (χ1n) is 6.67. The van der Waals surface area contributed by atoms with Gasteiger partial charge in [-0.15, -0.1) is 0 Å². The second-order valence-corrected chi connectivity index (χ2v) is 6.79. The van der Waals surface area contributed by atoms with Crippen LogP contribution in [0.2, 0.25) is 0 Å². The van der Waals surface area contributed by atoms with Gasteiger partial charge in [-0.05, 0) is 35.0 Å². The highest BCUT2D eigenvalue weighted by Crippen LogP contribution is 2.29. The summed E-state index contributed by atoms with van der Waals surface area (Å²) in [5, 5.41) is 2.97. The number of nitrogens with zero attached hydrogens (tertiary/aromatic N) is 2. The van der Waals surface area contributed by atoms with E-state index in [2.05, 4.69) is 31.2 Å². The van der Waals surface area contributed by atoms with Gasteiger partial charge in [0.25, 0.3) is 0 Å². The average molecular weight is 348 g/mol. The van der Waals surface area contributed by atoms with Crippen LogP contribution in [0.5, 0.6) is 0 Å². The Kier molecular flexibility index (Phi) is 4.42. The number of benzene rings is 1. The molecule has 110 valence electrons. The average Bonchev–Trinajstić information content (AvgIpc) is 2.39. The van der Waals surface area contributed by atoms with E-state index in [4.69, 9.17) is 0 Å². The molecular weight excluding hydrogens is 330 g/mol. The SMILES string of the molecule is Cc1ccc(NC(=O)C(C)(C)C)c(-c2cncc(Br)n2)c1. The van der Waals surface area contributed by atoms with Crippen LogP contribution in [0.1, 0.15) is 26.3 Å². The molecule has 0 radical (unpaired) electrons. The highest BCUT2D eigenvalue weighted by atomic mass is 79.9. The molecule has 21 heavy (non-hydrogen) atoms. The van der Waals surface area contributed by atoms with E-state index in [1.807, 2.05) is 45.9 Å². The van der Waals surface area contributed by atoms with Gasteiger partial charge in [-0.1, -0.05) is 32.4 Å². The van der Waals surface area contributed by atoms with Crippen molar-refractivity contribution in [1.82, 2.24) is 9.97 Å². The van der Waals surface area contributed by atoms with Crippen LogP contribution < -0.4 is 5.32 Å². The van der Waals surface area contributed by atoms with Crippen molar-refractivity contribution in [3.05, 3.63) is 40.8 Å². The minimum absolute atomic E-state index is 0.0319. The number of carbonyl (C=O) groups excluding carboxylic acids is 1. The molecule has 1 heterocycles. The van der Waals surface area contributed by atoms with Gasteiger partial charge in [0.2, 0.25) is 5.91 Å². The van der Waals surface area contributed by atoms with E-state index in [0.29, 0.717) is 4.60 Å². The largest absolute Gasteiger partial charge is 0.325 e. The minimum atomic E-state index is -0.453. The van der Waals surface area contributed by atoms with Crippen molar-refractivity contribution in [2.75, 3.05) is 5.32 Å². The van der Waals surface area contributed by atoms with Crippen LogP contribution >= 0.6 is 15.9 Å². The Hall–Kier alpha value is -1.75. The van der Waals surface area contributed by atoms with Gasteiger partial charge in [-0.25, -0.2) is 4.98 Å². The van der Waals surface area contributed by atoms with Crippen molar-refractivity contribution in [2.45, 2.75) is 27.7 Å². The molecule has 0 saturated heterocycles. The van der Waals surface area contributed by atoms with Gasteiger partial charge in [0.15, 0.2) is 0 Å². The topological polar surface area (TPSA) is 54.9 Å². The second-order valence-electron chi connectivity index (χ2n) is 5.98. The van der Waals surface area contributed by atoms with Crippen molar-refractivity contribution < 1.29 is 4.79 Å². The van der Waals surface area contributed by atoms with Crippen molar-refractivity contribution in [1.29, 1.82) is 0 Å². The summed E-state index contributed by atoms with van der Waals surface area (Å²) in [6.45, 7) is 7.66. The molecule has 0 aliphatic rings. The minimum Gasteiger partial charge on any atom is -0.325 e. The Balaban J connectivity index is 2.46. The van der Waals surface area contributed by atoms with Gasteiger partial charge in [0.1, 0.15) is 4.60 Å². The fourth-order valence-corrected chi connectivity index (χ4v) is 2.07. The number of aromatic nitrogens is 2. The zero-order chi connectivity index (χ0) is 15.6. The Morgan fingerprint density at radius 1 is 1.24 bits per heavy atom. The van der Waals surface area contributed by atoms with Crippen LogP contribution in [0.15, 0.2) is 35.2 Å². The Bertz CT molecular complexity index is 677. The standard InChI is InChI=1S/C16H18BrN3O/c1-10-5-6-12(20-15(21)16(2,3)4)11(7-10)13-8-18-9-14(17)19-13/h5-9H,1-4H3,(H,20,21). The zero-order valence-electron chi connectivity index (χ0n) is 12.6. The summed E-state index contributed by atoms with van der Waals surface area (Å²) in [6, 6.07) is 5.86. The first-order chi connectivity index (χ1) is 9.77. The number of hydrogen-bond donors (Lipinski definition) is 1. The Morgan fingerprint density at radius 2 is 1.95 bits per heavy atom. The summed E-state index contributed by atoms with van der Waals surface area (Å²) < 4.78 is 0.662. The van der Waals surface area contributed by atoms with Crippen molar-refractivity contribution in [2.24, 2.45) is 5.41 Å². The molecule has 1 aromatic heterocycles. The molecule has 0 fully saturated rings. The van der Waals surface area contributed by atoms with E-state index in [9.17, 15) is 4.79 Å². The highest BCUT2D eigenvalue weighted by Gasteiger charge is 2.22. The van der Waals surface area contributed by atoms with E-state index >= 15 is 0 Å². The first-order valence-corrected chi connectivity index (χ1v) is 7.47. The van der Waals surface area contributed by atoms with Gasteiger partial charge < -0.3 is 5.32 Å². The smallest absolute Gasteiger partial charge is 0.229 e. The van der Waals surface area contributed by atoms with E-state index in [0.717, 1.165) is 22.5 Å². The number of carbonyl (C=O) groups is 1. The maximum absolute atomic E-state index is 12.2. The molecule has 0 unspecified atom stereocenters. The lowest BCUT2D eigenvalue weighted by molar-refractivity contribution is -0.123. The lowest BCUT2D eigenvalue weighted by Crippen LogP contribution is -2.27. The lowest BCUT2D eigenvalue weighted by atomic mass is 9.95. The first kappa shape index (κ1) is 15.6. The fraction of sp³-hybridized carbons (Fsp3) is 0.312. The molecule has 0 bridgehead atoms. The Morgan fingerprint density at radius 3 is 2.57 bits per heavy atom. The third-order valence-corrected chi connectivity index (χ3v) is 3.37. The second kappa shape index (κ2) is 5.93. The molecule has 0 saturated carbocycles. The molecule has 0 atom stereocenters. The normalized spacial score (nSPS) is 11.3. The molecular formula is C16H18BrN3O. The molecule has 0 aliphatic carbocycles. The highest BCUT2D eigenvalue weighted by molar-refractivity contribution is 9.10.